The van der Waals surface area contributed by atoms with Gasteiger partial charge >= 0.3 is 0 Å². The van der Waals surface area contributed by atoms with Gasteiger partial charge in [-0.2, -0.15) is 0 Å². The lowest BCUT2D eigenvalue weighted by atomic mass is 9.64. The number of hydrogen-bond acceptors (Lipinski definition) is 4. The smallest absolute Gasteiger partial charge is 0.191 e. The van der Waals surface area contributed by atoms with Crippen LogP contribution in [-0.4, -0.2) is 44.2 Å². The van der Waals surface area contributed by atoms with Crippen LogP contribution in [0.25, 0.3) is 0 Å². The van der Waals surface area contributed by atoms with E-state index in [0.29, 0.717) is 0 Å². The largest absolute Gasteiger partial charge is 0.356 e. The van der Waals surface area contributed by atoms with Crippen LogP contribution in [0.3, 0.4) is 0 Å². The van der Waals surface area contributed by atoms with Crippen molar-refractivity contribution in [3.8, 4) is 0 Å². The molecule has 28 heavy (non-hydrogen) atoms. The Kier molecular flexibility index (Phi) is 6.15. The molecule has 1 saturated heterocycles. The molecule has 2 N–H and O–H groups in total. The third-order valence-corrected chi connectivity index (χ3v) is 7.05. The van der Waals surface area contributed by atoms with Gasteiger partial charge in [-0.1, -0.05) is 36.8 Å². The second-order valence-corrected chi connectivity index (χ2v) is 8.75. The number of guanidine groups is 1. The molecule has 0 spiro atoms. The maximum Gasteiger partial charge on any atom is 0.191 e. The van der Waals surface area contributed by atoms with Gasteiger partial charge in [0.05, 0.1) is 5.69 Å². The quantitative estimate of drug-likeness (QED) is 0.554. The molecule has 0 atom stereocenters. The van der Waals surface area contributed by atoms with Gasteiger partial charge in [0.2, 0.25) is 0 Å². The van der Waals surface area contributed by atoms with Crippen LogP contribution in [-0.2, 0) is 11.8 Å². The fraction of sp³-hybridized carbons (Fsp3) is 0.545. The fourth-order valence-electron chi connectivity index (χ4n) is 4.21. The Hall–Kier alpha value is -2.08. The summed E-state index contributed by atoms with van der Waals surface area (Å²) in [4.78, 5) is 11.6. The Balaban J connectivity index is 1.25. The summed E-state index contributed by atoms with van der Waals surface area (Å²) in [5.41, 5.74) is 2.88. The Labute approximate surface area is 172 Å². The number of benzene rings is 1. The topological polar surface area (TPSA) is 52.6 Å². The van der Waals surface area contributed by atoms with Crippen LogP contribution in [0.1, 0.15) is 43.4 Å². The third-order valence-electron chi connectivity index (χ3n) is 6.10. The maximum atomic E-state index is 4.81. The predicted octanol–water partition coefficient (Wildman–Crippen LogP) is 3.57. The zero-order valence-electron chi connectivity index (χ0n) is 16.8. The van der Waals surface area contributed by atoms with Crippen molar-refractivity contribution in [1.29, 1.82) is 0 Å². The average Bonchev–Trinajstić information content (AvgIpc) is 3.38. The van der Waals surface area contributed by atoms with Gasteiger partial charge in [0.25, 0.3) is 0 Å². The monoisotopic (exact) mass is 397 g/mol. The van der Waals surface area contributed by atoms with E-state index in [-0.39, 0.29) is 5.41 Å². The Morgan fingerprint density at radius 1 is 1.14 bits per heavy atom. The summed E-state index contributed by atoms with van der Waals surface area (Å²) in [6.07, 6.45) is 7.32. The third kappa shape index (κ3) is 4.32. The molecule has 0 unspecified atom stereocenters. The molecule has 0 bridgehead atoms. The lowest BCUT2D eigenvalue weighted by Crippen LogP contribution is -2.49. The summed E-state index contributed by atoms with van der Waals surface area (Å²) >= 11 is 1.77. The van der Waals surface area contributed by atoms with Crippen molar-refractivity contribution in [2.75, 3.05) is 38.1 Å². The van der Waals surface area contributed by atoms with E-state index in [4.69, 9.17) is 4.98 Å². The van der Waals surface area contributed by atoms with Crippen molar-refractivity contribution in [1.82, 2.24) is 15.6 Å². The lowest BCUT2D eigenvalue weighted by molar-refractivity contribution is 0.244. The molecule has 0 radical (unpaired) electrons. The predicted molar refractivity (Wildman–Crippen MR) is 119 cm³/mol. The highest BCUT2D eigenvalue weighted by Gasteiger charge is 2.38. The standard InChI is InChI=1S/C22H31N5S/c1-23-20(25-17-22(11-7-12-22)18-8-3-2-4-9-18)24-13-10-19-16-28-21(26-19)27-14-5-6-15-27/h2-4,8-9,16H,5-7,10-15,17H2,1H3,(H2,23,24,25). The van der Waals surface area contributed by atoms with E-state index in [2.05, 4.69) is 56.2 Å². The number of nitrogens with one attached hydrogen (secondary N) is 2. The van der Waals surface area contributed by atoms with E-state index in [1.807, 2.05) is 7.05 Å². The molecule has 5 nitrogen and oxygen atoms in total. The van der Waals surface area contributed by atoms with Crippen LogP contribution in [0.5, 0.6) is 0 Å². The minimum absolute atomic E-state index is 0.262. The van der Waals surface area contributed by atoms with E-state index in [1.54, 1.807) is 11.3 Å². The minimum Gasteiger partial charge on any atom is -0.356 e. The number of aromatic nitrogens is 1. The summed E-state index contributed by atoms with van der Waals surface area (Å²) in [6, 6.07) is 10.9. The van der Waals surface area contributed by atoms with Crippen LogP contribution >= 0.6 is 11.3 Å². The normalized spacial score (nSPS) is 18.8. The van der Waals surface area contributed by atoms with Crippen molar-refractivity contribution in [3.63, 3.8) is 0 Å². The molecular weight excluding hydrogens is 366 g/mol. The molecule has 2 aromatic rings. The van der Waals surface area contributed by atoms with Gasteiger partial charge in [0.1, 0.15) is 0 Å². The fourth-order valence-corrected chi connectivity index (χ4v) is 5.12. The zero-order valence-corrected chi connectivity index (χ0v) is 17.6. The van der Waals surface area contributed by atoms with Crippen LogP contribution in [0.4, 0.5) is 5.13 Å². The molecule has 6 heteroatoms. The van der Waals surface area contributed by atoms with Gasteiger partial charge in [-0.3, -0.25) is 4.99 Å². The van der Waals surface area contributed by atoms with Crippen molar-refractivity contribution >= 4 is 22.4 Å². The highest BCUT2D eigenvalue weighted by atomic mass is 32.1. The summed E-state index contributed by atoms with van der Waals surface area (Å²) in [6.45, 7) is 4.10. The SMILES string of the molecule is CN=C(NCCc1csc(N2CCCC2)n1)NCC1(c2ccccc2)CCC1. The van der Waals surface area contributed by atoms with Crippen molar-refractivity contribution in [2.45, 2.75) is 43.9 Å². The second kappa shape index (κ2) is 8.95. The van der Waals surface area contributed by atoms with Crippen molar-refractivity contribution in [2.24, 2.45) is 4.99 Å². The first-order valence-electron chi connectivity index (χ1n) is 10.5. The molecule has 2 fully saturated rings. The van der Waals surface area contributed by atoms with E-state index >= 15 is 0 Å². The van der Waals surface area contributed by atoms with Gasteiger partial charge in [-0.25, -0.2) is 4.98 Å². The van der Waals surface area contributed by atoms with Crippen LogP contribution < -0.4 is 15.5 Å². The van der Waals surface area contributed by atoms with Crippen LogP contribution in [0.15, 0.2) is 40.7 Å². The van der Waals surface area contributed by atoms with E-state index < -0.39 is 0 Å². The summed E-state index contributed by atoms with van der Waals surface area (Å²) in [5.74, 6) is 0.886. The van der Waals surface area contributed by atoms with Crippen molar-refractivity contribution < 1.29 is 0 Å². The van der Waals surface area contributed by atoms with Crippen LogP contribution in [0, 0.1) is 0 Å². The number of rotatable bonds is 7. The Morgan fingerprint density at radius 2 is 1.93 bits per heavy atom. The first-order chi connectivity index (χ1) is 13.8. The molecule has 1 aliphatic heterocycles. The first-order valence-corrected chi connectivity index (χ1v) is 11.4. The van der Waals surface area contributed by atoms with E-state index in [9.17, 15) is 0 Å². The number of anilines is 1. The summed E-state index contributed by atoms with van der Waals surface area (Å²) in [7, 11) is 1.85. The first kappa shape index (κ1) is 19.2. The van der Waals surface area contributed by atoms with Gasteiger partial charge < -0.3 is 15.5 Å². The maximum absolute atomic E-state index is 4.81. The molecule has 1 saturated carbocycles. The second-order valence-electron chi connectivity index (χ2n) is 7.92. The number of nitrogens with zero attached hydrogens (tertiary/aromatic N) is 3. The Bertz CT molecular complexity index is 775. The Morgan fingerprint density at radius 3 is 2.61 bits per heavy atom. The number of aliphatic imine (C=N–C) groups is 1. The van der Waals surface area contributed by atoms with Gasteiger partial charge in [-0.05, 0) is 31.2 Å². The average molecular weight is 398 g/mol. The molecule has 1 aromatic heterocycles. The molecule has 4 rings (SSSR count). The summed E-state index contributed by atoms with van der Waals surface area (Å²) in [5, 5.41) is 10.4. The van der Waals surface area contributed by atoms with Gasteiger partial charge in [0.15, 0.2) is 11.1 Å². The molecule has 150 valence electrons. The molecule has 2 aliphatic rings. The number of hydrogen-bond donors (Lipinski definition) is 2. The summed E-state index contributed by atoms with van der Waals surface area (Å²) < 4.78 is 0. The molecule has 0 amide bonds. The highest BCUT2D eigenvalue weighted by molar-refractivity contribution is 7.13. The molecule has 1 aliphatic carbocycles. The van der Waals surface area contributed by atoms with Gasteiger partial charge in [-0.15, -0.1) is 11.3 Å². The minimum atomic E-state index is 0.262. The van der Waals surface area contributed by atoms with E-state index in [1.165, 1.54) is 48.5 Å². The molecule has 2 heterocycles. The van der Waals surface area contributed by atoms with E-state index in [0.717, 1.165) is 38.6 Å². The lowest BCUT2D eigenvalue weighted by Gasteiger charge is -2.43. The van der Waals surface area contributed by atoms with Gasteiger partial charge in [0, 0.05) is 50.4 Å². The molecular formula is C22H31N5S. The van der Waals surface area contributed by atoms with Crippen molar-refractivity contribution in [3.05, 3.63) is 47.0 Å². The molecule has 1 aromatic carbocycles. The zero-order chi connectivity index (χ0) is 19.2. The highest BCUT2D eigenvalue weighted by Crippen LogP contribution is 2.43. The number of thiazole rings is 1. The van der Waals surface area contributed by atoms with Crippen LogP contribution in [0.2, 0.25) is 0 Å².